The minimum atomic E-state index is -0.297. The van der Waals surface area contributed by atoms with E-state index < -0.39 is 0 Å². The Balaban J connectivity index is 1.31. The van der Waals surface area contributed by atoms with Crippen LogP contribution in [0.3, 0.4) is 0 Å². The van der Waals surface area contributed by atoms with Crippen LogP contribution in [0.15, 0.2) is 59.4 Å². The lowest BCUT2D eigenvalue weighted by Gasteiger charge is -2.11. The predicted molar refractivity (Wildman–Crippen MR) is 126 cm³/mol. The monoisotopic (exact) mass is 465 g/mol. The second-order valence-corrected chi connectivity index (χ2v) is 9.10. The van der Waals surface area contributed by atoms with Crippen LogP contribution in [0.2, 0.25) is 5.02 Å². The number of hydrogen-bond acceptors (Lipinski definition) is 5. The lowest BCUT2D eigenvalue weighted by molar-refractivity contribution is 0.102. The van der Waals surface area contributed by atoms with E-state index in [2.05, 4.69) is 10.3 Å². The molecule has 1 aliphatic rings. The Kier molecular flexibility index (Phi) is 5.68. The van der Waals surface area contributed by atoms with Gasteiger partial charge in [-0.1, -0.05) is 29.8 Å². The van der Waals surface area contributed by atoms with Crippen molar-refractivity contribution in [2.75, 3.05) is 5.32 Å². The lowest BCUT2D eigenvalue weighted by atomic mass is 10.0. The fraction of sp³-hybridized carbons (Fsp3) is 0.208. The SMILES string of the molecule is O=C(Nc1cccc(OCc2cc(=O)n3c4c(sc3n2)CCCC4)c1)c1ccccc1Cl. The van der Waals surface area contributed by atoms with Gasteiger partial charge in [-0.05, 0) is 49.9 Å². The number of amides is 1. The van der Waals surface area contributed by atoms with E-state index in [1.54, 1.807) is 64.3 Å². The second kappa shape index (κ2) is 8.76. The van der Waals surface area contributed by atoms with Crippen molar-refractivity contribution in [2.45, 2.75) is 32.3 Å². The van der Waals surface area contributed by atoms with Crippen LogP contribution in [-0.2, 0) is 19.4 Å². The van der Waals surface area contributed by atoms with Crippen LogP contribution < -0.4 is 15.6 Å². The van der Waals surface area contributed by atoms with Gasteiger partial charge in [0.25, 0.3) is 11.5 Å². The standard InChI is InChI=1S/C24H20ClN3O3S/c25-19-9-2-1-8-18(19)23(30)26-15-6-5-7-17(12-15)31-14-16-13-22(29)28-20-10-3-4-11-21(20)32-24(28)27-16/h1-2,5-9,12-13H,3-4,10-11,14H2,(H,26,30). The number of ether oxygens (including phenoxy) is 1. The van der Waals surface area contributed by atoms with Gasteiger partial charge < -0.3 is 10.1 Å². The molecule has 0 unspecified atom stereocenters. The van der Waals surface area contributed by atoms with E-state index in [4.69, 9.17) is 16.3 Å². The van der Waals surface area contributed by atoms with Gasteiger partial charge in [-0.2, -0.15) is 0 Å². The molecule has 0 spiro atoms. The molecule has 0 saturated carbocycles. The first kappa shape index (κ1) is 20.7. The van der Waals surface area contributed by atoms with E-state index in [9.17, 15) is 9.59 Å². The van der Waals surface area contributed by atoms with Crippen molar-refractivity contribution in [3.8, 4) is 5.75 Å². The van der Waals surface area contributed by atoms with E-state index in [1.807, 2.05) is 0 Å². The Hall–Kier alpha value is -3.16. The van der Waals surface area contributed by atoms with Gasteiger partial charge in [0.15, 0.2) is 4.96 Å². The number of rotatable bonds is 5. The Morgan fingerprint density at radius 1 is 1.12 bits per heavy atom. The summed E-state index contributed by atoms with van der Waals surface area (Å²) in [4.78, 5) is 31.8. The number of nitrogens with zero attached hydrogens (tertiary/aromatic N) is 2. The number of carbonyl (C=O) groups excluding carboxylic acids is 1. The maximum absolute atomic E-state index is 12.7. The largest absolute Gasteiger partial charge is 0.487 e. The highest BCUT2D eigenvalue weighted by Gasteiger charge is 2.18. The summed E-state index contributed by atoms with van der Waals surface area (Å²) in [6, 6.07) is 15.5. The molecular formula is C24H20ClN3O3S. The Morgan fingerprint density at radius 2 is 1.97 bits per heavy atom. The minimum Gasteiger partial charge on any atom is -0.487 e. The summed E-state index contributed by atoms with van der Waals surface area (Å²) in [6.07, 6.45) is 4.22. The normalized spacial score (nSPS) is 13.0. The molecule has 32 heavy (non-hydrogen) atoms. The fourth-order valence-corrected chi connectivity index (χ4v) is 5.33. The molecule has 5 rings (SSSR count). The van der Waals surface area contributed by atoms with Crippen molar-refractivity contribution in [3.63, 3.8) is 0 Å². The molecule has 0 bridgehead atoms. The summed E-state index contributed by atoms with van der Waals surface area (Å²) < 4.78 is 7.61. The van der Waals surface area contributed by atoms with Crippen molar-refractivity contribution >= 4 is 39.5 Å². The molecule has 2 aromatic heterocycles. The molecule has 8 heteroatoms. The van der Waals surface area contributed by atoms with Gasteiger partial charge in [0.1, 0.15) is 12.4 Å². The van der Waals surface area contributed by atoms with Crippen LogP contribution in [0.1, 0.15) is 39.5 Å². The van der Waals surface area contributed by atoms with Gasteiger partial charge in [-0.25, -0.2) is 4.98 Å². The highest BCUT2D eigenvalue weighted by molar-refractivity contribution is 7.17. The van der Waals surface area contributed by atoms with Crippen LogP contribution >= 0.6 is 22.9 Å². The van der Waals surface area contributed by atoms with E-state index >= 15 is 0 Å². The molecule has 0 fully saturated rings. The first-order valence-corrected chi connectivity index (χ1v) is 11.6. The average molecular weight is 466 g/mol. The molecular weight excluding hydrogens is 446 g/mol. The predicted octanol–water partition coefficient (Wildman–Crippen LogP) is 5.12. The Bertz CT molecular complexity index is 1380. The molecule has 0 saturated heterocycles. The number of aryl methyl sites for hydroxylation is 2. The Morgan fingerprint density at radius 3 is 2.84 bits per heavy atom. The maximum Gasteiger partial charge on any atom is 0.259 e. The first-order chi connectivity index (χ1) is 15.6. The highest BCUT2D eigenvalue weighted by atomic mass is 35.5. The number of benzene rings is 2. The molecule has 1 aliphatic carbocycles. The molecule has 162 valence electrons. The van der Waals surface area contributed by atoms with Crippen molar-refractivity contribution in [1.29, 1.82) is 0 Å². The number of carbonyl (C=O) groups is 1. The number of anilines is 1. The third-order valence-electron chi connectivity index (χ3n) is 5.41. The Labute approximate surface area is 193 Å². The zero-order valence-electron chi connectivity index (χ0n) is 17.1. The average Bonchev–Trinajstić information content (AvgIpc) is 3.17. The smallest absolute Gasteiger partial charge is 0.259 e. The summed E-state index contributed by atoms with van der Waals surface area (Å²) in [7, 11) is 0. The van der Waals surface area contributed by atoms with Gasteiger partial charge in [-0.15, -0.1) is 11.3 Å². The number of halogens is 1. The van der Waals surface area contributed by atoms with Crippen molar-refractivity contribution in [1.82, 2.24) is 9.38 Å². The van der Waals surface area contributed by atoms with Crippen LogP contribution in [0.4, 0.5) is 5.69 Å². The fourth-order valence-electron chi connectivity index (χ4n) is 3.88. The maximum atomic E-state index is 12.7. The van der Waals surface area contributed by atoms with Crippen LogP contribution in [0.25, 0.3) is 4.96 Å². The topological polar surface area (TPSA) is 72.7 Å². The van der Waals surface area contributed by atoms with Gasteiger partial charge in [0.2, 0.25) is 0 Å². The molecule has 0 atom stereocenters. The van der Waals surface area contributed by atoms with Gasteiger partial charge >= 0.3 is 0 Å². The number of fused-ring (bicyclic) bond motifs is 3. The molecule has 4 aromatic rings. The number of thiazole rings is 1. The van der Waals surface area contributed by atoms with Gasteiger partial charge in [-0.3, -0.25) is 14.0 Å². The van der Waals surface area contributed by atoms with Crippen molar-refractivity contribution in [3.05, 3.63) is 91.8 Å². The van der Waals surface area contributed by atoms with Gasteiger partial charge in [0, 0.05) is 28.4 Å². The van der Waals surface area contributed by atoms with Crippen molar-refractivity contribution in [2.24, 2.45) is 0 Å². The minimum absolute atomic E-state index is 0.0613. The van der Waals surface area contributed by atoms with Crippen LogP contribution in [-0.4, -0.2) is 15.3 Å². The molecule has 1 amide bonds. The van der Waals surface area contributed by atoms with E-state index in [0.29, 0.717) is 27.7 Å². The highest BCUT2D eigenvalue weighted by Crippen LogP contribution is 2.28. The molecule has 6 nitrogen and oxygen atoms in total. The third-order valence-corrected chi connectivity index (χ3v) is 6.88. The summed E-state index contributed by atoms with van der Waals surface area (Å²) in [5.74, 6) is 0.268. The molecule has 2 aromatic carbocycles. The van der Waals surface area contributed by atoms with Crippen molar-refractivity contribution < 1.29 is 9.53 Å². The number of aromatic nitrogens is 2. The summed E-state index contributed by atoms with van der Waals surface area (Å²) in [6.45, 7) is 0.163. The lowest BCUT2D eigenvalue weighted by Crippen LogP contribution is -2.18. The summed E-state index contributed by atoms with van der Waals surface area (Å²) in [5, 5.41) is 3.22. The van der Waals surface area contributed by atoms with Crippen LogP contribution in [0, 0.1) is 0 Å². The van der Waals surface area contributed by atoms with E-state index in [1.165, 1.54) is 10.9 Å². The molecule has 0 aliphatic heterocycles. The molecule has 1 N–H and O–H groups in total. The first-order valence-electron chi connectivity index (χ1n) is 10.4. The zero-order chi connectivity index (χ0) is 22.1. The second-order valence-electron chi connectivity index (χ2n) is 7.63. The van der Waals surface area contributed by atoms with E-state index in [0.717, 1.165) is 36.3 Å². The zero-order valence-corrected chi connectivity index (χ0v) is 18.7. The third kappa shape index (κ3) is 4.13. The quantitative estimate of drug-likeness (QED) is 0.444. The molecule has 0 radical (unpaired) electrons. The van der Waals surface area contributed by atoms with E-state index in [-0.39, 0.29) is 18.1 Å². The summed E-state index contributed by atoms with van der Waals surface area (Å²) >= 11 is 7.70. The number of nitrogens with one attached hydrogen (secondary N) is 1. The summed E-state index contributed by atoms with van der Waals surface area (Å²) in [5.41, 5.74) is 2.62. The molecule has 2 heterocycles. The van der Waals surface area contributed by atoms with Gasteiger partial charge in [0.05, 0.1) is 16.3 Å². The number of hydrogen-bond donors (Lipinski definition) is 1. The van der Waals surface area contributed by atoms with Crippen LogP contribution in [0.5, 0.6) is 5.75 Å².